The summed E-state index contributed by atoms with van der Waals surface area (Å²) in [5.41, 5.74) is 9.47. The molecule has 5 heteroatoms. The summed E-state index contributed by atoms with van der Waals surface area (Å²) in [6.45, 7) is 16.7. The maximum Gasteiger partial charge on any atom is 0.237 e. The predicted octanol–water partition coefficient (Wildman–Crippen LogP) is 2.82. The molecular formula is C21H39N4O+. The number of ether oxygens (including phenoxy) is 1. The van der Waals surface area contributed by atoms with E-state index in [1.807, 2.05) is 13.4 Å². The Morgan fingerprint density at radius 2 is 2.08 bits per heavy atom. The van der Waals surface area contributed by atoms with Gasteiger partial charge in [-0.25, -0.2) is 4.58 Å². The molecule has 0 saturated heterocycles. The molecule has 5 nitrogen and oxygen atoms in total. The Morgan fingerprint density at radius 1 is 1.42 bits per heavy atom. The molecule has 3 N–H and O–H groups in total. The van der Waals surface area contributed by atoms with Crippen molar-refractivity contribution in [3.8, 4) is 0 Å². The molecule has 0 aromatic heterocycles. The summed E-state index contributed by atoms with van der Waals surface area (Å²) in [5.74, 6) is 1.41. The van der Waals surface area contributed by atoms with Crippen molar-refractivity contribution in [3.05, 3.63) is 23.4 Å². The van der Waals surface area contributed by atoms with Gasteiger partial charge in [0.05, 0.1) is 13.2 Å². The Labute approximate surface area is 160 Å². The Bertz CT molecular complexity index is 558. The molecule has 0 aliphatic carbocycles. The number of rotatable bonds is 9. The van der Waals surface area contributed by atoms with E-state index < -0.39 is 0 Å². The van der Waals surface area contributed by atoms with Gasteiger partial charge in [0.1, 0.15) is 11.7 Å². The second-order valence-electron chi connectivity index (χ2n) is 7.94. The van der Waals surface area contributed by atoms with Gasteiger partial charge in [0.2, 0.25) is 6.34 Å². The molecule has 4 unspecified atom stereocenters. The van der Waals surface area contributed by atoms with Crippen LogP contribution in [0.15, 0.2) is 28.4 Å². The Balaban J connectivity index is 3.14. The fourth-order valence-corrected chi connectivity index (χ4v) is 3.13. The van der Waals surface area contributed by atoms with Crippen molar-refractivity contribution in [2.45, 2.75) is 53.2 Å². The Kier molecular flexibility index (Phi) is 9.23. The van der Waals surface area contributed by atoms with Gasteiger partial charge < -0.3 is 10.5 Å². The third kappa shape index (κ3) is 6.06. The van der Waals surface area contributed by atoms with Crippen molar-refractivity contribution in [2.24, 2.45) is 28.5 Å². The number of aliphatic imine (C=N–C) groups is 1. The lowest BCUT2D eigenvalue weighted by molar-refractivity contribution is -0.442. The lowest BCUT2D eigenvalue weighted by Crippen LogP contribution is -2.40. The lowest BCUT2D eigenvalue weighted by atomic mass is 9.85. The van der Waals surface area contributed by atoms with Gasteiger partial charge in [-0.1, -0.05) is 34.3 Å². The van der Waals surface area contributed by atoms with E-state index in [1.54, 1.807) is 7.11 Å². The van der Waals surface area contributed by atoms with Gasteiger partial charge in [-0.15, -0.1) is 0 Å². The van der Waals surface area contributed by atoms with Crippen molar-refractivity contribution in [1.82, 2.24) is 5.32 Å². The summed E-state index contributed by atoms with van der Waals surface area (Å²) in [6.07, 6.45) is 4.90. The van der Waals surface area contributed by atoms with Crippen molar-refractivity contribution in [1.29, 1.82) is 0 Å². The van der Waals surface area contributed by atoms with Gasteiger partial charge in [-0.05, 0) is 31.1 Å². The highest BCUT2D eigenvalue weighted by molar-refractivity contribution is 5.60. The van der Waals surface area contributed by atoms with Crippen LogP contribution >= 0.6 is 0 Å². The molecule has 0 saturated carbocycles. The van der Waals surface area contributed by atoms with Gasteiger partial charge in [-0.3, -0.25) is 10.3 Å². The first kappa shape index (κ1) is 22.6. The first-order valence-electron chi connectivity index (χ1n) is 9.70. The Hall–Kier alpha value is -1.46. The van der Waals surface area contributed by atoms with Crippen LogP contribution in [0.4, 0.5) is 0 Å². The van der Waals surface area contributed by atoms with E-state index >= 15 is 0 Å². The zero-order valence-corrected chi connectivity index (χ0v) is 17.7. The van der Waals surface area contributed by atoms with Crippen molar-refractivity contribution in [3.63, 3.8) is 0 Å². The zero-order valence-electron chi connectivity index (χ0n) is 17.7. The van der Waals surface area contributed by atoms with Crippen molar-refractivity contribution in [2.75, 3.05) is 27.2 Å². The van der Waals surface area contributed by atoms with Crippen LogP contribution in [0, 0.1) is 17.8 Å². The van der Waals surface area contributed by atoms with E-state index in [4.69, 9.17) is 10.5 Å². The standard InChI is InChI=1S/C21H38N4O/c1-14(2)11-23-12-16(4)15(3)9-19(20(10-22)26-8)21-17(5)18(6)24-13-25(21)7/h12-16,18,20H,5,9-11,22H2,1-4,6-8H3/p+1. The Morgan fingerprint density at radius 3 is 2.62 bits per heavy atom. The van der Waals surface area contributed by atoms with Crippen LogP contribution in [0.2, 0.25) is 0 Å². The van der Waals surface area contributed by atoms with Crippen LogP contribution in [-0.4, -0.2) is 56.5 Å². The number of hydrogen-bond donors (Lipinski definition) is 2. The highest BCUT2D eigenvalue weighted by atomic mass is 16.5. The topological polar surface area (TPSA) is 62.6 Å². The summed E-state index contributed by atoms with van der Waals surface area (Å²) in [6, 6.07) is 0.201. The van der Waals surface area contributed by atoms with Crippen LogP contribution < -0.4 is 11.1 Å². The summed E-state index contributed by atoms with van der Waals surface area (Å²) < 4.78 is 7.82. The summed E-state index contributed by atoms with van der Waals surface area (Å²) in [4.78, 5) is 4.60. The number of nitrogens with one attached hydrogen (secondary N) is 1. The van der Waals surface area contributed by atoms with E-state index in [-0.39, 0.29) is 12.1 Å². The van der Waals surface area contributed by atoms with Crippen LogP contribution in [0.3, 0.4) is 0 Å². The molecular weight excluding hydrogens is 324 g/mol. The second-order valence-corrected chi connectivity index (χ2v) is 7.94. The summed E-state index contributed by atoms with van der Waals surface area (Å²) in [5, 5.41) is 3.33. The fourth-order valence-electron chi connectivity index (χ4n) is 3.13. The summed E-state index contributed by atoms with van der Waals surface area (Å²) >= 11 is 0. The first-order valence-corrected chi connectivity index (χ1v) is 9.70. The molecule has 0 aromatic carbocycles. The van der Waals surface area contributed by atoms with Crippen LogP contribution in [0.5, 0.6) is 0 Å². The van der Waals surface area contributed by atoms with Crippen LogP contribution in [-0.2, 0) is 4.74 Å². The minimum atomic E-state index is -0.106. The average Bonchev–Trinajstić information content (AvgIpc) is 2.58. The van der Waals surface area contributed by atoms with Gasteiger partial charge in [0.25, 0.3) is 0 Å². The van der Waals surface area contributed by atoms with E-state index in [2.05, 4.69) is 62.3 Å². The van der Waals surface area contributed by atoms with Gasteiger partial charge in [0, 0.05) is 37.6 Å². The molecule has 0 aromatic rings. The maximum absolute atomic E-state index is 6.02. The highest BCUT2D eigenvalue weighted by Gasteiger charge is 2.30. The van der Waals surface area contributed by atoms with E-state index in [0.29, 0.717) is 24.3 Å². The minimum Gasteiger partial charge on any atom is -0.376 e. The molecule has 1 aliphatic heterocycles. The smallest absolute Gasteiger partial charge is 0.237 e. The number of methoxy groups -OCH3 is 1. The van der Waals surface area contributed by atoms with E-state index in [9.17, 15) is 0 Å². The zero-order chi connectivity index (χ0) is 19.9. The van der Waals surface area contributed by atoms with Crippen molar-refractivity contribution < 1.29 is 9.31 Å². The molecule has 0 fully saturated rings. The number of hydrogen-bond acceptors (Lipinski definition) is 4. The highest BCUT2D eigenvalue weighted by Crippen LogP contribution is 2.29. The molecule has 0 amide bonds. The number of likely N-dealkylation sites (N-methyl/N-ethyl adjacent to an activating group) is 1. The molecule has 1 heterocycles. The molecule has 0 bridgehead atoms. The second kappa shape index (κ2) is 10.6. The number of nitrogens with zero attached hydrogens (tertiary/aromatic N) is 2. The monoisotopic (exact) mass is 363 g/mol. The normalized spacial score (nSPS) is 23.7. The van der Waals surface area contributed by atoms with Gasteiger partial charge in [0.15, 0.2) is 0 Å². The molecule has 1 rings (SSSR count). The molecule has 0 radical (unpaired) electrons. The quantitative estimate of drug-likeness (QED) is 0.489. The van der Waals surface area contributed by atoms with E-state index in [0.717, 1.165) is 24.2 Å². The first-order chi connectivity index (χ1) is 12.2. The third-order valence-corrected chi connectivity index (χ3v) is 5.14. The molecule has 4 atom stereocenters. The van der Waals surface area contributed by atoms with Crippen molar-refractivity contribution >= 4 is 12.6 Å². The molecule has 26 heavy (non-hydrogen) atoms. The minimum absolute atomic E-state index is 0.106. The maximum atomic E-state index is 6.02. The lowest BCUT2D eigenvalue weighted by Gasteiger charge is -2.28. The largest absolute Gasteiger partial charge is 0.376 e. The predicted molar refractivity (Wildman–Crippen MR) is 112 cm³/mol. The van der Waals surface area contributed by atoms with E-state index in [1.165, 1.54) is 5.57 Å². The average molecular weight is 364 g/mol. The van der Waals surface area contributed by atoms with Gasteiger partial charge in [-0.2, -0.15) is 0 Å². The summed E-state index contributed by atoms with van der Waals surface area (Å²) in [7, 11) is 3.77. The fraction of sp³-hybridized carbons (Fsp3) is 0.714. The molecule has 148 valence electrons. The van der Waals surface area contributed by atoms with Crippen LogP contribution in [0.25, 0.3) is 0 Å². The molecule has 1 aliphatic rings. The number of nitrogens with two attached hydrogens (primary N) is 1. The molecule has 0 spiro atoms. The van der Waals surface area contributed by atoms with Crippen LogP contribution in [0.1, 0.15) is 41.0 Å². The third-order valence-electron chi connectivity index (χ3n) is 5.14. The van der Waals surface area contributed by atoms with Gasteiger partial charge >= 0.3 is 0 Å². The SMILES string of the molecule is C=C1C(=C(CC(C)C(C)C=NCC(C)C)C(CN)OC)[N+](C)=CNC1C.